The first-order chi connectivity index (χ1) is 11.3. The molecule has 0 bridgehead atoms. The lowest BCUT2D eigenvalue weighted by Crippen LogP contribution is -2.36. The highest BCUT2D eigenvalue weighted by Gasteiger charge is 2.21. The number of ether oxygens (including phenoxy) is 2. The van der Waals surface area contributed by atoms with E-state index in [1.807, 2.05) is 30.3 Å². The zero-order valence-electron chi connectivity index (χ0n) is 13.1. The van der Waals surface area contributed by atoms with Gasteiger partial charge in [-0.05, 0) is 16.0 Å². The van der Waals surface area contributed by atoms with Crippen LogP contribution in [0, 0.1) is 0 Å². The van der Waals surface area contributed by atoms with Crippen LogP contribution in [-0.4, -0.2) is 59.6 Å². The Morgan fingerprint density at radius 3 is 2.78 bits per heavy atom. The van der Waals surface area contributed by atoms with Gasteiger partial charge in [-0.2, -0.15) is 0 Å². The molecule has 1 heterocycles. The smallest absolute Gasteiger partial charge is 0.245 e. The molecule has 8 heteroatoms. The topological polar surface area (TPSA) is 91.2 Å². The van der Waals surface area contributed by atoms with Crippen molar-refractivity contribution in [1.29, 1.82) is 0 Å². The van der Waals surface area contributed by atoms with Crippen molar-refractivity contribution in [3.63, 3.8) is 0 Å². The van der Waals surface area contributed by atoms with E-state index in [0.717, 1.165) is 5.56 Å². The number of tetrazole rings is 1. The van der Waals surface area contributed by atoms with Gasteiger partial charge in [0.1, 0.15) is 12.4 Å². The Morgan fingerprint density at radius 2 is 2.09 bits per heavy atom. The molecule has 0 saturated carbocycles. The van der Waals surface area contributed by atoms with Crippen LogP contribution in [0.5, 0.6) is 0 Å². The maximum Gasteiger partial charge on any atom is 0.245 e. The minimum atomic E-state index is -0.494. The highest BCUT2D eigenvalue weighted by molar-refractivity contribution is 5.80. The van der Waals surface area contributed by atoms with E-state index in [0.29, 0.717) is 32.8 Å². The Labute approximate surface area is 134 Å². The van der Waals surface area contributed by atoms with E-state index < -0.39 is 6.04 Å². The lowest BCUT2D eigenvalue weighted by Gasteiger charge is -2.16. The zero-order chi connectivity index (χ0) is 16.3. The first-order valence-electron chi connectivity index (χ1n) is 7.42. The fourth-order valence-corrected chi connectivity index (χ4v) is 2.06. The summed E-state index contributed by atoms with van der Waals surface area (Å²) in [6, 6.07) is 9.26. The number of aromatic nitrogens is 4. The van der Waals surface area contributed by atoms with E-state index in [4.69, 9.17) is 9.47 Å². The molecule has 0 spiro atoms. The summed E-state index contributed by atoms with van der Waals surface area (Å²) >= 11 is 0. The summed E-state index contributed by atoms with van der Waals surface area (Å²) in [6.45, 7) is 1.90. The Bertz CT molecular complexity index is 562. The first-order valence-corrected chi connectivity index (χ1v) is 7.42. The van der Waals surface area contributed by atoms with Gasteiger partial charge in [0.2, 0.25) is 5.91 Å². The number of nitrogens with one attached hydrogen (secondary N) is 1. The summed E-state index contributed by atoms with van der Waals surface area (Å²) in [6.07, 6.45) is 1.96. The number of hydrogen-bond acceptors (Lipinski definition) is 6. The summed E-state index contributed by atoms with van der Waals surface area (Å²) in [5.74, 6) is -0.142. The monoisotopic (exact) mass is 319 g/mol. The molecule has 1 aromatic heterocycles. The SMILES string of the molecule is COCCOCCNC(=O)C(Cc1ccccc1)n1cnnn1. The van der Waals surface area contributed by atoms with Crippen LogP contribution in [0.2, 0.25) is 0 Å². The molecule has 2 rings (SSSR count). The Balaban J connectivity index is 1.88. The highest BCUT2D eigenvalue weighted by Crippen LogP contribution is 2.13. The number of nitrogens with zero attached hydrogens (tertiary/aromatic N) is 4. The minimum absolute atomic E-state index is 0.142. The molecule has 0 fully saturated rings. The Kier molecular flexibility index (Phi) is 7.15. The van der Waals surface area contributed by atoms with Gasteiger partial charge in [0.15, 0.2) is 0 Å². The van der Waals surface area contributed by atoms with Gasteiger partial charge in [0, 0.05) is 20.1 Å². The molecule has 0 aliphatic heterocycles. The molecule has 0 aliphatic carbocycles. The van der Waals surface area contributed by atoms with Crippen molar-refractivity contribution in [2.45, 2.75) is 12.5 Å². The maximum absolute atomic E-state index is 12.4. The number of amides is 1. The van der Waals surface area contributed by atoms with Crippen LogP contribution in [-0.2, 0) is 20.7 Å². The van der Waals surface area contributed by atoms with Crippen LogP contribution in [0.15, 0.2) is 36.7 Å². The van der Waals surface area contributed by atoms with Crippen molar-refractivity contribution >= 4 is 5.91 Å². The molecule has 0 radical (unpaired) electrons. The molecule has 23 heavy (non-hydrogen) atoms. The van der Waals surface area contributed by atoms with Crippen molar-refractivity contribution in [2.24, 2.45) is 0 Å². The van der Waals surface area contributed by atoms with Gasteiger partial charge in [-0.1, -0.05) is 30.3 Å². The summed E-state index contributed by atoms with van der Waals surface area (Å²) < 4.78 is 11.7. The van der Waals surface area contributed by atoms with Crippen LogP contribution in [0.4, 0.5) is 0 Å². The number of rotatable bonds is 10. The fourth-order valence-electron chi connectivity index (χ4n) is 2.06. The van der Waals surface area contributed by atoms with Crippen molar-refractivity contribution in [1.82, 2.24) is 25.5 Å². The van der Waals surface area contributed by atoms with E-state index in [2.05, 4.69) is 20.8 Å². The van der Waals surface area contributed by atoms with Crippen molar-refractivity contribution in [3.8, 4) is 0 Å². The zero-order valence-corrected chi connectivity index (χ0v) is 13.1. The average Bonchev–Trinajstić information content (AvgIpc) is 3.11. The standard InChI is InChI=1S/C15H21N5O3/c1-22-9-10-23-8-7-16-15(21)14(20-12-17-18-19-20)11-13-5-3-2-4-6-13/h2-6,12,14H,7-11H2,1H3,(H,16,21). The normalized spacial score (nSPS) is 12.0. The summed E-state index contributed by atoms with van der Waals surface area (Å²) in [7, 11) is 1.62. The Hall–Kier alpha value is -2.32. The molecule has 1 N–H and O–H groups in total. The van der Waals surface area contributed by atoms with Gasteiger partial charge in [-0.15, -0.1) is 5.10 Å². The fraction of sp³-hybridized carbons (Fsp3) is 0.467. The third-order valence-corrected chi connectivity index (χ3v) is 3.24. The predicted octanol–water partition coefficient (Wildman–Crippen LogP) is 0.236. The Morgan fingerprint density at radius 1 is 1.26 bits per heavy atom. The number of benzene rings is 1. The second kappa shape index (κ2) is 9.65. The van der Waals surface area contributed by atoms with E-state index in [9.17, 15) is 4.79 Å². The van der Waals surface area contributed by atoms with Crippen molar-refractivity contribution in [2.75, 3.05) is 33.5 Å². The lowest BCUT2D eigenvalue weighted by molar-refractivity contribution is -0.124. The van der Waals surface area contributed by atoms with Gasteiger partial charge in [0.25, 0.3) is 0 Å². The van der Waals surface area contributed by atoms with Gasteiger partial charge in [-0.25, -0.2) is 4.68 Å². The van der Waals surface area contributed by atoms with Crippen molar-refractivity contribution in [3.05, 3.63) is 42.2 Å². The third-order valence-electron chi connectivity index (χ3n) is 3.24. The second-order valence-corrected chi connectivity index (χ2v) is 4.89. The van der Waals surface area contributed by atoms with Gasteiger partial charge >= 0.3 is 0 Å². The lowest BCUT2D eigenvalue weighted by atomic mass is 10.1. The molecule has 0 aliphatic rings. The highest BCUT2D eigenvalue weighted by atomic mass is 16.5. The minimum Gasteiger partial charge on any atom is -0.382 e. The number of hydrogen-bond donors (Lipinski definition) is 1. The van der Waals surface area contributed by atoms with E-state index in [1.54, 1.807) is 7.11 Å². The molecule has 2 aromatic rings. The van der Waals surface area contributed by atoms with E-state index >= 15 is 0 Å². The average molecular weight is 319 g/mol. The third kappa shape index (κ3) is 5.76. The van der Waals surface area contributed by atoms with Crippen molar-refractivity contribution < 1.29 is 14.3 Å². The van der Waals surface area contributed by atoms with Gasteiger partial charge in [0.05, 0.1) is 19.8 Å². The summed E-state index contributed by atoms with van der Waals surface area (Å²) in [4.78, 5) is 12.4. The van der Waals surface area contributed by atoms with Crippen LogP contribution in [0.25, 0.3) is 0 Å². The second-order valence-electron chi connectivity index (χ2n) is 4.89. The summed E-state index contributed by atoms with van der Waals surface area (Å²) in [5.41, 5.74) is 1.04. The quantitative estimate of drug-likeness (QED) is 0.631. The molecule has 1 atom stereocenters. The van der Waals surface area contributed by atoms with Gasteiger partial charge < -0.3 is 14.8 Å². The number of methoxy groups -OCH3 is 1. The van der Waals surface area contributed by atoms with Crippen LogP contribution in [0.3, 0.4) is 0 Å². The number of carbonyl (C=O) groups excluding carboxylic acids is 1. The van der Waals surface area contributed by atoms with E-state index in [-0.39, 0.29) is 5.91 Å². The molecule has 0 saturated heterocycles. The molecule has 124 valence electrons. The first kappa shape index (κ1) is 17.0. The molecule has 1 aromatic carbocycles. The molecule has 1 unspecified atom stereocenters. The molecular weight excluding hydrogens is 298 g/mol. The molecule has 1 amide bonds. The molecule has 8 nitrogen and oxygen atoms in total. The molecular formula is C15H21N5O3. The van der Waals surface area contributed by atoms with Crippen LogP contribution < -0.4 is 5.32 Å². The van der Waals surface area contributed by atoms with Gasteiger partial charge in [-0.3, -0.25) is 4.79 Å². The van der Waals surface area contributed by atoms with Crippen LogP contribution in [0.1, 0.15) is 11.6 Å². The predicted molar refractivity (Wildman–Crippen MR) is 82.7 cm³/mol. The summed E-state index contributed by atoms with van der Waals surface area (Å²) in [5, 5.41) is 13.9. The largest absolute Gasteiger partial charge is 0.382 e. The maximum atomic E-state index is 12.4. The van der Waals surface area contributed by atoms with Crippen LogP contribution >= 0.6 is 0 Å². The van der Waals surface area contributed by atoms with E-state index in [1.165, 1.54) is 11.0 Å². The number of carbonyl (C=O) groups is 1.